The van der Waals surface area contributed by atoms with Gasteiger partial charge in [0.2, 0.25) is 0 Å². The number of carbonyl (C=O) groups excluding carboxylic acids is 1. The third-order valence-electron chi connectivity index (χ3n) is 2.20. The molecule has 0 radical (unpaired) electrons. The van der Waals surface area contributed by atoms with E-state index < -0.39 is 0 Å². The number of aromatic nitrogens is 1. The monoisotopic (exact) mass is 193 g/mol. The van der Waals surface area contributed by atoms with Crippen LogP contribution in [-0.2, 0) is 4.79 Å². The molecule has 14 heavy (non-hydrogen) atoms. The van der Waals surface area contributed by atoms with Crippen LogP contribution in [0.25, 0.3) is 6.08 Å². The van der Waals surface area contributed by atoms with Crippen molar-refractivity contribution in [2.45, 2.75) is 27.7 Å². The standard InChI is InChI=1S/C11H15NO2/c1-7(2)10(6-13)5-11-8(3)12-14-9(11)4/h5-7H,1-4H3/b10-5+. The van der Waals surface area contributed by atoms with Crippen molar-refractivity contribution in [2.75, 3.05) is 0 Å². The SMILES string of the molecule is Cc1noc(C)c1/C=C(\C=O)C(C)C. The van der Waals surface area contributed by atoms with Crippen molar-refractivity contribution in [2.24, 2.45) is 5.92 Å². The zero-order chi connectivity index (χ0) is 10.7. The van der Waals surface area contributed by atoms with Crippen LogP contribution in [0.3, 0.4) is 0 Å². The molecule has 0 fully saturated rings. The van der Waals surface area contributed by atoms with E-state index in [1.54, 1.807) is 0 Å². The number of rotatable bonds is 3. The van der Waals surface area contributed by atoms with E-state index >= 15 is 0 Å². The Morgan fingerprint density at radius 3 is 2.43 bits per heavy atom. The lowest BCUT2D eigenvalue weighted by Crippen LogP contribution is -1.95. The number of hydrogen-bond acceptors (Lipinski definition) is 3. The molecular formula is C11H15NO2. The summed E-state index contributed by atoms with van der Waals surface area (Å²) in [6.45, 7) is 7.68. The Morgan fingerprint density at radius 1 is 1.43 bits per heavy atom. The van der Waals surface area contributed by atoms with E-state index in [1.165, 1.54) is 0 Å². The predicted octanol–water partition coefficient (Wildman–Crippen LogP) is 2.53. The molecule has 0 saturated heterocycles. The van der Waals surface area contributed by atoms with Gasteiger partial charge in [-0.3, -0.25) is 4.79 Å². The Bertz CT molecular complexity index is 342. The zero-order valence-electron chi connectivity index (χ0n) is 9.00. The first-order chi connectivity index (χ1) is 6.56. The second-order valence-corrected chi connectivity index (χ2v) is 3.65. The van der Waals surface area contributed by atoms with Crippen molar-refractivity contribution < 1.29 is 9.32 Å². The summed E-state index contributed by atoms with van der Waals surface area (Å²) in [6.07, 6.45) is 2.73. The van der Waals surface area contributed by atoms with Gasteiger partial charge in [-0.25, -0.2) is 0 Å². The molecule has 0 bridgehead atoms. The molecule has 1 rings (SSSR count). The van der Waals surface area contributed by atoms with Gasteiger partial charge in [0.05, 0.1) is 5.69 Å². The van der Waals surface area contributed by atoms with E-state index in [0.717, 1.165) is 28.9 Å². The molecule has 0 aliphatic rings. The van der Waals surface area contributed by atoms with E-state index in [4.69, 9.17) is 4.52 Å². The van der Waals surface area contributed by atoms with Crippen molar-refractivity contribution in [3.63, 3.8) is 0 Å². The number of hydrogen-bond donors (Lipinski definition) is 0. The summed E-state index contributed by atoms with van der Waals surface area (Å²) in [7, 11) is 0. The lowest BCUT2D eigenvalue weighted by atomic mass is 10.0. The highest BCUT2D eigenvalue weighted by Crippen LogP contribution is 2.18. The molecule has 0 atom stereocenters. The van der Waals surface area contributed by atoms with Gasteiger partial charge in [-0.1, -0.05) is 19.0 Å². The Labute approximate surface area is 83.8 Å². The molecule has 3 heteroatoms. The van der Waals surface area contributed by atoms with E-state index in [-0.39, 0.29) is 5.92 Å². The minimum atomic E-state index is 0.223. The van der Waals surface area contributed by atoms with Crippen LogP contribution in [0.2, 0.25) is 0 Å². The second kappa shape index (κ2) is 4.22. The maximum Gasteiger partial charge on any atom is 0.146 e. The van der Waals surface area contributed by atoms with Gasteiger partial charge in [0.15, 0.2) is 0 Å². The van der Waals surface area contributed by atoms with Crippen molar-refractivity contribution >= 4 is 12.4 Å². The van der Waals surface area contributed by atoms with Crippen LogP contribution in [0, 0.1) is 19.8 Å². The van der Waals surface area contributed by atoms with Crippen molar-refractivity contribution in [3.8, 4) is 0 Å². The largest absolute Gasteiger partial charge is 0.361 e. The highest BCUT2D eigenvalue weighted by Gasteiger charge is 2.09. The average Bonchev–Trinajstić information content (AvgIpc) is 2.43. The van der Waals surface area contributed by atoms with E-state index in [0.29, 0.717) is 0 Å². The molecule has 1 heterocycles. The molecule has 0 aliphatic heterocycles. The number of aldehydes is 1. The van der Waals surface area contributed by atoms with Gasteiger partial charge >= 0.3 is 0 Å². The van der Waals surface area contributed by atoms with Crippen molar-refractivity contribution in [1.82, 2.24) is 5.16 Å². The van der Waals surface area contributed by atoms with Gasteiger partial charge in [0.1, 0.15) is 12.0 Å². The maximum atomic E-state index is 10.8. The van der Waals surface area contributed by atoms with Crippen molar-refractivity contribution in [3.05, 3.63) is 22.6 Å². The summed E-state index contributed by atoms with van der Waals surface area (Å²) in [5, 5.41) is 3.83. The lowest BCUT2D eigenvalue weighted by Gasteiger charge is -2.02. The zero-order valence-corrected chi connectivity index (χ0v) is 9.00. The summed E-state index contributed by atoms with van der Waals surface area (Å²) >= 11 is 0. The first-order valence-corrected chi connectivity index (χ1v) is 4.66. The van der Waals surface area contributed by atoms with Crippen LogP contribution < -0.4 is 0 Å². The smallest absolute Gasteiger partial charge is 0.146 e. The molecule has 1 aromatic rings. The van der Waals surface area contributed by atoms with Gasteiger partial charge < -0.3 is 4.52 Å². The van der Waals surface area contributed by atoms with Crippen LogP contribution in [0.1, 0.15) is 30.9 Å². The van der Waals surface area contributed by atoms with E-state index in [9.17, 15) is 4.79 Å². The average molecular weight is 193 g/mol. The molecule has 0 spiro atoms. The van der Waals surface area contributed by atoms with Crippen LogP contribution >= 0.6 is 0 Å². The summed E-state index contributed by atoms with van der Waals surface area (Å²) in [5.41, 5.74) is 2.50. The molecule has 3 nitrogen and oxygen atoms in total. The van der Waals surface area contributed by atoms with Crippen molar-refractivity contribution in [1.29, 1.82) is 0 Å². The predicted molar refractivity (Wildman–Crippen MR) is 54.9 cm³/mol. The fourth-order valence-corrected chi connectivity index (χ4v) is 1.20. The number of allylic oxidation sites excluding steroid dienone is 1. The van der Waals surface area contributed by atoms with Gasteiger partial charge in [0.25, 0.3) is 0 Å². The molecule has 0 aliphatic carbocycles. The lowest BCUT2D eigenvalue weighted by molar-refractivity contribution is -0.105. The molecule has 0 unspecified atom stereocenters. The fraction of sp³-hybridized carbons (Fsp3) is 0.455. The number of nitrogens with zero attached hydrogens (tertiary/aromatic N) is 1. The van der Waals surface area contributed by atoms with Crippen LogP contribution in [0.5, 0.6) is 0 Å². The summed E-state index contributed by atoms with van der Waals surface area (Å²) < 4.78 is 5.01. The maximum absolute atomic E-state index is 10.8. The molecule has 0 N–H and O–H groups in total. The van der Waals surface area contributed by atoms with E-state index in [1.807, 2.05) is 33.8 Å². The van der Waals surface area contributed by atoms with Gasteiger partial charge in [-0.15, -0.1) is 0 Å². The van der Waals surface area contributed by atoms with Gasteiger partial charge in [-0.05, 0) is 31.4 Å². The topological polar surface area (TPSA) is 43.1 Å². The number of aryl methyl sites for hydroxylation is 2. The van der Waals surface area contributed by atoms with Crippen LogP contribution in [0.4, 0.5) is 0 Å². The minimum absolute atomic E-state index is 0.223. The number of carbonyl (C=O) groups is 1. The third kappa shape index (κ3) is 2.10. The summed E-state index contributed by atoms with van der Waals surface area (Å²) in [4.78, 5) is 10.8. The van der Waals surface area contributed by atoms with Gasteiger partial charge in [0, 0.05) is 5.56 Å². The fourth-order valence-electron chi connectivity index (χ4n) is 1.20. The molecule has 1 aromatic heterocycles. The van der Waals surface area contributed by atoms with Crippen LogP contribution in [-0.4, -0.2) is 11.4 Å². The summed E-state index contributed by atoms with van der Waals surface area (Å²) in [5.74, 6) is 0.976. The quantitative estimate of drug-likeness (QED) is 0.547. The molecule has 76 valence electrons. The van der Waals surface area contributed by atoms with Crippen LogP contribution in [0.15, 0.2) is 10.1 Å². The second-order valence-electron chi connectivity index (χ2n) is 3.65. The first kappa shape index (κ1) is 10.7. The molecule has 0 aromatic carbocycles. The first-order valence-electron chi connectivity index (χ1n) is 4.66. The minimum Gasteiger partial charge on any atom is -0.361 e. The summed E-state index contributed by atoms with van der Waals surface area (Å²) in [6, 6.07) is 0. The Balaban J connectivity index is 3.12. The Hall–Kier alpha value is -1.38. The molecule has 0 amide bonds. The highest BCUT2D eigenvalue weighted by atomic mass is 16.5. The Kier molecular flexibility index (Phi) is 3.23. The normalized spacial score (nSPS) is 12.2. The molecule has 0 saturated carbocycles. The molecular weight excluding hydrogens is 178 g/mol. The Morgan fingerprint density at radius 2 is 2.07 bits per heavy atom. The van der Waals surface area contributed by atoms with Gasteiger partial charge in [-0.2, -0.15) is 0 Å². The van der Waals surface area contributed by atoms with E-state index in [2.05, 4.69) is 5.16 Å². The highest BCUT2D eigenvalue weighted by molar-refractivity contribution is 5.82. The third-order valence-corrected chi connectivity index (χ3v) is 2.20.